The normalized spacial score (nSPS) is 11.5. The van der Waals surface area contributed by atoms with Crippen LogP contribution in [0.1, 0.15) is 0 Å². The quantitative estimate of drug-likeness (QED) is 0.176. The van der Waals surface area contributed by atoms with E-state index in [0.717, 1.165) is 39.0 Å². The van der Waals surface area contributed by atoms with Crippen LogP contribution in [0.15, 0.2) is 205 Å². The van der Waals surface area contributed by atoms with Crippen molar-refractivity contribution in [1.82, 2.24) is 0 Å². The zero-order chi connectivity index (χ0) is 34.4. The third-order valence-corrected chi connectivity index (χ3v) is 10.3. The highest BCUT2D eigenvalue weighted by Gasteiger charge is 2.20. The standard InChI is InChI=1S/C50H33NO/c1-2-12-35(13-3-1)43-21-9-16-38-17-10-22-44(49(38)43)37-28-32-40(33-29-37)51(47-24-11-23-46-45-19-6-7-25-48(45)52-50(46)47)39-30-26-36(27-31-39)42-20-8-15-34-14-4-5-18-41(34)42/h1-33H. The summed E-state index contributed by atoms with van der Waals surface area (Å²) in [5, 5.41) is 7.20. The Labute approximate surface area is 302 Å². The van der Waals surface area contributed by atoms with E-state index in [9.17, 15) is 0 Å². The highest BCUT2D eigenvalue weighted by atomic mass is 16.3. The molecular formula is C50H33NO. The average molecular weight is 664 g/mol. The van der Waals surface area contributed by atoms with Gasteiger partial charge in [0.1, 0.15) is 5.58 Å². The van der Waals surface area contributed by atoms with Gasteiger partial charge < -0.3 is 9.32 Å². The average Bonchev–Trinajstić information content (AvgIpc) is 3.61. The lowest BCUT2D eigenvalue weighted by Gasteiger charge is -2.26. The molecule has 0 bridgehead atoms. The number of rotatable bonds is 6. The van der Waals surface area contributed by atoms with Gasteiger partial charge in [-0.1, -0.05) is 164 Å². The Morgan fingerprint density at radius 1 is 0.327 bits per heavy atom. The molecule has 0 atom stereocenters. The van der Waals surface area contributed by atoms with Crippen molar-refractivity contribution in [1.29, 1.82) is 0 Å². The number of anilines is 3. The zero-order valence-electron chi connectivity index (χ0n) is 28.4. The van der Waals surface area contributed by atoms with Crippen LogP contribution in [-0.4, -0.2) is 0 Å². The molecule has 0 aliphatic heterocycles. The number of nitrogens with zero attached hydrogens (tertiary/aromatic N) is 1. The molecule has 0 aliphatic carbocycles. The van der Waals surface area contributed by atoms with Crippen LogP contribution in [0.2, 0.25) is 0 Å². The Hall–Kier alpha value is -6.90. The van der Waals surface area contributed by atoms with E-state index in [1.807, 2.05) is 12.1 Å². The molecule has 10 rings (SSSR count). The van der Waals surface area contributed by atoms with Crippen molar-refractivity contribution in [3.63, 3.8) is 0 Å². The summed E-state index contributed by atoms with van der Waals surface area (Å²) < 4.78 is 6.60. The molecule has 1 aromatic heterocycles. The fourth-order valence-electron chi connectivity index (χ4n) is 7.83. The predicted molar refractivity (Wildman–Crippen MR) is 220 cm³/mol. The molecule has 0 N–H and O–H groups in total. The maximum Gasteiger partial charge on any atom is 0.159 e. The molecule has 0 saturated heterocycles. The largest absolute Gasteiger partial charge is 0.454 e. The van der Waals surface area contributed by atoms with Crippen molar-refractivity contribution in [2.24, 2.45) is 0 Å². The fourth-order valence-corrected chi connectivity index (χ4v) is 7.83. The van der Waals surface area contributed by atoms with Gasteiger partial charge in [-0.05, 0) is 91.3 Å². The second-order valence-electron chi connectivity index (χ2n) is 13.3. The Kier molecular flexibility index (Phi) is 7.18. The third-order valence-electron chi connectivity index (χ3n) is 10.3. The lowest BCUT2D eigenvalue weighted by molar-refractivity contribution is 0.669. The van der Waals surface area contributed by atoms with Crippen LogP contribution in [0.5, 0.6) is 0 Å². The van der Waals surface area contributed by atoms with Crippen molar-refractivity contribution in [2.45, 2.75) is 0 Å². The van der Waals surface area contributed by atoms with E-state index in [2.05, 4.69) is 193 Å². The molecule has 2 heteroatoms. The summed E-state index contributed by atoms with van der Waals surface area (Å²) in [6.45, 7) is 0. The van der Waals surface area contributed by atoms with Crippen molar-refractivity contribution < 1.29 is 4.42 Å². The predicted octanol–water partition coefficient (Wildman–Crippen LogP) is 14.4. The number of fused-ring (bicyclic) bond motifs is 5. The fraction of sp³-hybridized carbons (Fsp3) is 0. The minimum absolute atomic E-state index is 0.868. The second kappa shape index (κ2) is 12.5. The maximum atomic E-state index is 6.60. The van der Waals surface area contributed by atoms with Gasteiger partial charge >= 0.3 is 0 Å². The van der Waals surface area contributed by atoms with E-state index in [4.69, 9.17) is 4.42 Å². The van der Waals surface area contributed by atoms with Gasteiger partial charge in [-0.2, -0.15) is 0 Å². The van der Waals surface area contributed by atoms with E-state index in [-0.39, 0.29) is 0 Å². The van der Waals surface area contributed by atoms with Crippen LogP contribution < -0.4 is 4.90 Å². The summed E-state index contributed by atoms with van der Waals surface area (Å²) in [5.74, 6) is 0. The topological polar surface area (TPSA) is 16.4 Å². The van der Waals surface area contributed by atoms with E-state index < -0.39 is 0 Å². The second-order valence-corrected chi connectivity index (χ2v) is 13.3. The van der Waals surface area contributed by atoms with Crippen molar-refractivity contribution in [3.05, 3.63) is 200 Å². The Morgan fingerprint density at radius 2 is 0.827 bits per heavy atom. The minimum Gasteiger partial charge on any atom is -0.454 e. The molecule has 0 saturated carbocycles. The summed E-state index contributed by atoms with van der Waals surface area (Å²) in [7, 11) is 0. The zero-order valence-corrected chi connectivity index (χ0v) is 28.4. The molecule has 52 heavy (non-hydrogen) atoms. The van der Waals surface area contributed by atoms with Crippen LogP contribution in [0, 0.1) is 0 Å². The van der Waals surface area contributed by atoms with Crippen molar-refractivity contribution >= 4 is 60.5 Å². The van der Waals surface area contributed by atoms with E-state index in [1.54, 1.807) is 0 Å². The molecule has 0 radical (unpaired) electrons. The Morgan fingerprint density at radius 3 is 1.54 bits per heavy atom. The SMILES string of the molecule is c1ccc(-c2cccc3cccc(-c4ccc(N(c5ccc(-c6cccc7ccccc67)cc5)c5cccc6c5oc5ccccc56)cc4)c23)cc1. The van der Waals surface area contributed by atoms with E-state index >= 15 is 0 Å². The van der Waals surface area contributed by atoms with Gasteiger partial charge in [0.25, 0.3) is 0 Å². The molecule has 2 nitrogen and oxygen atoms in total. The van der Waals surface area contributed by atoms with Crippen molar-refractivity contribution in [2.75, 3.05) is 4.90 Å². The van der Waals surface area contributed by atoms with Gasteiger partial charge in [-0.3, -0.25) is 0 Å². The van der Waals surface area contributed by atoms with Crippen LogP contribution >= 0.6 is 0 Å². The number of benzene rings is 9. The first-order chi connectivity index (χ1) is 25.8. The van der Waals surface area contributed by atoms with Crippen LogP contribution in [0.3, 0.4) is 0 Å². The number of para-hydroxylation sites is 2. The summed E-state index contributed by atoms with van der Waals surface area (Å²) in [6, 6.07) is 71.6. The van der Waals surface area contributed by atoms with Gasteiger partial charge in [-0.25, -0.2) is 0 Å². The van der Waals surface area contributed by atoms with E-state index in [1.165, 1.54) is 54.9 Å². The molecule has 10 aromatic rings. The molecule has 9 aromatic carbocycles. The molecule has 1 heterocycles. The molecule has 0 unspecified atom stereocenters. The monoisotopic (exact) mass is 663 g/mol. The Bertz CT molecular complexity index is 2870. The molecular weight excluding hydrogens is 631 g/mol. The molecule has 0 amide bonds. The van der Waals surface area contributed by atoms with Gasteiger partial charge in [0.2, 0.25) is 0 Å². The maximum absolute atomic E-state index is 6.60. The molecule has 244 valence electrons. The first-order valence-electron chi connectivity index (χ1n) is 17.8. The van der Waals surface area contributed by atoms with Crippen molar-refractivity contribution in [3.8, 4) is 33.4 Å². The van der Waals surface area contributed by atoms with Crippen LogP contribution in [0.4, 0.5) is 17.1 Å². The number of furan rings is 1. The molecule has 0 aliphatic rings. The highest BCUT2D eigenvalue weighted by molar-refractivity contribution is 6.11. The first-order valence-corrected chi connectivity index (χ1v) is 17.8. The van der Waals surface area contributed by atoms with Gasteiger partial charge in [0.15, 0.2) is 5.58 Å². The van der Waals surface area contributed by atoms with Crippen LogP contribution in [0.25, 0.3) is 76.9 Å². The van der Waals surface area contributed by atoms with Gasteiger partial charge in [0, 0.05) is 22.1 Å². The summed E-state index contributed by atoms with van der Waals surface area (Å²) in [6.07, 6.45) is 0. The van der Waals surface area contributed by atoms with Crippen LogP contribution in [-0.2, 0) is 0 Å². The Balaban J connectivity index is 1.12. The van der Waals surface area contributed by atoms with Gasteiger partial charge in [0.05, 0.1) is 5.69 Å². The summed E-state index contributed by atoms with van der Waals surface area (Å²) in [4.78, 5) is 2.32. The van der Waals surface area contributed by atoms with Gasteiger partial charge in [-0.15, -0.1) is 0 Å². The highest BCUT2D eigenvalue weighted by Crippen LogP contribution is 2.44. The summed E-state index contributed by atoms with van der Waals surface area (Å²) >= 11 is 0. The lowest BCUT2D eigenvalue weighted by atomic mass is 9.91. The van der Waals surface area contributed by atoms with E-state index in [0.29, 0.717) is 0 Å². The number of hydrogen-bond donors (Lipinski definition) is 0. The minimum atomic E-state index is 0.868. The smallest absolute Gasteiger partial charge is 0.159 e. The first kappa shape index (κ1) is 30.0. The lowest BCUT2D eigenvalue weighted by Crippen LogP contribution is -2.10. The summed E-state index contributed by atoms with van der Waals surface area (Å²) in [5.41, 5.74) is 12.1. The molecule has 0 spiro atoms. The molecule has 0 fully saturated rings. The number of hydrogen-bond acceptors (Lipinski definition) is 2. The third kappa shape index (κ3) is 5.04.